The van der Waals surface area contributed by atoms with E-state index in [1.54, 1.807) is 18.5 Å². The van der Waals surface area contributed by atoms with Crippen LogP contribution in [0.25, 0.3) is 0 Å². The molecule has 0 radical (unpaired) electrons. The standard InChI is InChI=1S/C23H32N4O2/c1-2-29-21-10-8-19(9-11-21)6-7-20-12-17-27(18-13-20)22(28)5-3-14-24-23-25-15-4-16-26-23/h4,8-11,15-16,20H,2-3,5-7,12-14,17-18H2,1H3,(H,24,25,26). The summed E-state index contributed by atoms with van der Waals surface area (Å²) in [6, 6.07) is 10.2. The maximum atomic E-state index is 12.4. The number of hydrogen-bond acceptors (Lipinski definition) is 5. The van der Waals surface area contributed by atoms with Crippen LogP contribution in [0.3, 0.4) is 0 Å². The first kappa shape index (κ1) is 21.1. The number of carbonyl (C=O) groups is 1. The van der Waals surface area contributed by atoms with Gasteiger partial charge < -0.3 is 15.0 Å². The third kappa shape index (κ3) is 7.04. The number of ether oxygens (including phenoxy) is 1. The van der Waals surface area contributed by atoms with Crippen molar-refractivity contribution in [3.63, 3.8) is 0 Å². The molecule has 156 valence electrons. The zero-order chi connectivity index (χ0) is 20.3. The number of nitrogens with one attached hydrogen (secondary N) is 1. The number of nitrogens with zero attached hydrogens (tertiary/aromatic N) is 3. The van der Waals surface area contributed by atoms with Crippen molar-refractivity contribution in [2.24, 2.45) is 5.92 Å². The van der Waals surface area contributed by atoms with E-state index in [1.165, 1.54) is 12.0 Å². The van der Waals surface area contributed by atoms with Gasteiger partial charge in [-0.3, -0.25) is 4.79 Å². The second kappa shape index (κ2) is 11.4. The summed E-state index contributed by atoms with van der Waals surface area (Å²) in [5, 5.41) is 3.15. The Morgan fingerprint density at radius 2 is 1.90 bits per heavy atom. The molecule has 1 aliphatic heterocycles. The summed E-state index contributed by atoms with van der Waals surface area (Å²) in [6.07, 6.45) is 9.31. The molecule has 0 aliphatic carbocycles. The number of rotatable bonds is 10. The third-order valence-corrected chi connectivity index (χ3v) is 5.46. The number of amides is 1. The number of carbonyl (C=O) groups excluding carboxylic acids is 1. The fourth-order valence-corrected chi connectivity index (χ4v) is 3.75. The predicted molar refractivity (Wildman–Crippen MR) is 115 cm³/mol. The molecule has 3 rings (SSSR count). The first-order chi connectivity index (χ1) is 14.2. The van der Waals surface area contributed by atoms with Gasteiger partial charge in [0, 0.05) is 38.4 Å². The molecule has 1 fully saturated rings. The molecule has 1 aliphatic rings. The van der Waals surface area contributed by atoms with Crippen LogP contribution in [0.2, 0.25) is 0 Å². The molecular formula is C23H32N4O2. The van der Waals surface area contributed by atoms with E-state index in [4.69, 9.17) is 4.74 Å². The van der Waals surface area contributed by atoms with Crippen molar-refractivity contribution < 1.29 is 9.53 Å². The van der Waals surface area contributed by atoms with E-state index >= 15 is 0 Å². The fraction of sp³-hybridized carbons (Fsp3) is 0.522. The number of anilines is 1. The maximum Gasteiger partial charge on any atom is 0.222 e. The van der Waals surface area contributed by atoms with Crippen molar-refractivity contribution in [2.45, 2.75) is 45.4 Å². The van der Waals surface area contributed by atoms with Crippen LogP contribution in [0.5, 0.6) is 5.75 Å². The molecular weight excluding hydrogens is 364 g/mol. The van der Waals surface area contributed by atoms with Crippen LogP contribution in [-0.4, -0.2) is 47.0 Å². The molecule has 0 atom stereocenters. The molecule has 0 saturated carbocycles. The number of aromatic nitrogens is 2. The second-order valence-electron chi connectivity index (χ2n) is 7.54. The van der Waals surface area contributed by atoms with Crippen LogP contribution in [0.1, 0.15) is 44.6 Å². The normalized spacial score (nSPS) is 14.6. The Morgan fingerprint density at radius 1 is 1.17 bits per heavy atom. The van der Waals surface area contributed by atoms with Gasteiger partial charge in [-0.2, -0.15) is 0 Å². The van der Waals surface area contributed by atoms with Crippen LogP contribution in [0.15, 0.2) is 42.7 Å². The van der Waals surface area contributed by atoms with Gasteiger partial charge in [-0.1, -0.05) is 12.1 Å². The molecule has 1 amide bonds. The first-order valence-corrected chi connectivity index (χ1v) is 10.7. The summed E-state index contributed by atoms with van der Waals surface area (Å²) in [7, 11) is 0. The van der Waals surface area contributed by atoms with E-state index in [1.807, 2.05) is 11.8 Å². The lowest BCUT2D eigenvalue weighted by atomic mass is 9.90. The van der Waals surface area contributed by atoms with E-state index in [9.17, 15) is 4.79 Å². The van der Waals surface area contributed by atoms with Gasteiger partial charge in [-0.15, -0.1) is 0 Å². The molecule has 0 bridgehead atoms. The summed E-state index contributed by atoms with van der Waals surface area (Å²) >= 11 is 0. The van der Waals surface area contributed by atoms with E-state index in [2.05, 4.69) is 39.6 Å². The number of benzene rings is 1. The zero-order valence-electron chi connectivity index (χ0n) is 17.3. The molecule has 29 heavy (non-hydrogen) atoms. The molecule has 0 unspecified atom stereocenters. The van der Waals surface area contributed by atoms with Gasteiger partial charge in [0.25, 0.3) is 0 Å². The molecule has 1 aromatic heterocycles. The van der Waals surface area contributed by atoms with Gasteiger partial charge >= 0.3 is 0 Å². The van der Waals surface area contributed by atoms with Crippen LogP contribution in [0.4, 0.5) is 5.95 Å². The van der Waals surface area contributed by atoms with E-state index in [0.29, 0.717) is 31.4 Å². The third-order valence-electron chi connectivity index (χ3n) is 5.46. The minimum atomic E-state index is 0.269. The Labute approximate surface area is 173 Å². The van der Waals surface area contributed by atoms with Gasteiger partial charge in [0.2, 0.25) is 11.9 Å². The molecule has 6 nitrogen and oxygen atoms in total. The number of likely N-dealkylation sites (tertiary alicyclic amines) is 1. The molecule has 1 saturated heterocycles. The summed E-state index contributed by atoms with van der Waals surface area (Å²) in [5.41, 5.74) is 1.36. The lowest BCUT2D eigenvalue weighted by molar-refractivity contribution is -0.132. The average molecular weight is 397 g/mol. The van der Waals surface area contributed by atoms with E-state index in [-0.39, 0.29) is 5.91 Å². The van der Waals surface area contributed by atoms with Crippen LogP contribution in [-0.2, 0) is 11.2 Å². The summed E-state index contributed by atoms with van der Waals surface area (Å²) < 4.78 is 5.50. The van der Waals surface area contributed by atoms with Gasteiger partial charge in [0.15, 0.2) is 0 Å². The maximum absolute atomic E-state index is 12.4. The lowest BCUT2D eigenvalue weighted by Crippen LogP contribution is -2.38. The largest absolute Gasteiger partial charge is 0.494 e. The monoisotopic (exact) mass is 396 g/mol. The smallest absolute Gasteiger partial charge is 0.222 e. The molecule has 1 aromatic carbocycles. The molecule has 6 heteroatoms. The van der Waals surface area contributed by atoms with Crippen molar-refractivity contribution in [3.05, 3.63) is 48.3 Å². The summed E-state index contributed by atoms with van der Waals surface area (Å²) in [6.45, 7) is 5.20. The van der Waals surface area contributed by atoms with Crippen LogP contribution in [0, 0.1) is 5.92 Å². The highest BCUT2D eigenvalue weighted by Gasteiger charge is 2.22. The highest BCUT2D eigenvalue weighted by atomic mass is 16.5. The van der Waals surface area contributed by atoms with Crippen molar-refractivity contribution in [3.8, 4) is 5.75 Å². The highest BCUT2D eigenvalue weighted by Crippen LogP contribution is 2.23. The summed E-state index contributed by atoms with van der Waals surface area (Å²) in [5.74, 6) is 2.54. The van der Waals surface area contributed by atoms with E-state index < -0.39 is 0 Å². The topological polar surface area (TPSA) is 67.3 Å². The van der Waals surface area contributed by atoms with Gasteiger partial charge in [-0.25, -0.2) is 9.97 Å². The fourth-order valence-electron chi connectivity index (χ4n) is 3.75. The van der Waals surface area contributed by atoms with Gasteiger partial charge in [0.1, 0.15) is 5.75 Å². The van der Waals surface area contributed by atoms with Crippen molar-refractivity contribution in [2.75, 3.05) is 31.6 Å². The van der Waals surface area contributed by atoms with Crippen molar-refractivity contribution in [1.82, 2.24) is 14.9 Å². The average Bonchev–Trinajstić information content (AvgIpc) is 2.77. The minimum absolute atomic E-state index is 0.269. The second-order valence-corrected chi connectivity index (χ2v) is 7.54. The quantitative estimate of drug-likeness (QED) is 0.616. The Morgan fingerprint density at radius 3 is 2.59 bits per heavy atom. The number of aryl methyl sites for hydroxylation is 1. The Hall–Kier alpha value is -2.63. The van der Waals surface area contributed by atoms with Crippen LogP contribution < -0.4 is 10.1 Å². The summed E-state index contributed by atoms with van der Waals surface area (Å²) in [4.78, 5) is 22.7. The molecule has 2 heterocycles. The molecule has 2 aromatic rings. The number of hydrogen-bond donors (Lipinski definition) is 1. The first-order valence-electron chi connectivity index (χ1n) is 10.7. The SMILES string of the molecule is CCOc1ccc(CCC2CCN(C(=O)CCCNc3ncccn3)CC2)cc1. The minimum Gasteiger partial charge on any atom is -0.494 e. The van der Waals surface area contributed by atoms with Crippen LogP contribution >= 0.6 is 0 Å². The predicted octanol–water partition coefficient (Wildman–Crippen LogP) is 3.94. The Kier molecular flexibility index (Phi) is 8.28. The van der Waals surface area contributed by atoms with Crippen molar-refractivity contribution in [1.29, 1.82) is 0 Å². The molecule has 0 spiro atoms. The Bertz CT molecular complexity index is 728. The van der Waals surface area contributed by atoms with E-state index in [0.717, 1.165) is 44.5 Å². The Balaban J connectivity index is 1.29. The number of piperidine rings is 1. The van der Waals surface area contributed by atoms with Gasteiger partial charge in [-0.05, 0) is 68.7 Å². The highest BCUT2D eigenvalue weighted by molar-refractivity contribution is 5.76. The van der Waals surface area contributed by atoms with Crippen molar-refractivity contribution >= 4 is 11.9 Å². The lowest BCUT2D eigenvalue weighted by Gasteiger charge is -2.32. The van der Waals surface area contributed by atoms with Gasteiger partial charge in [0.05, 0.1) is 6.61 Å². The molecule has 1 N–H and O–H groups in total. The zero-order valence-corrected chi connectivity index (χ0v) is 17.3.